The standard InChI is InChI=1S/C23H23N3O7S2/c1-12(2)32-16-8-14(21(27)26-23-25-20(22(28)29)13(3)34-23)9-17(10-16)33-15-4-7-19(24-11-15)35(30,31)18-5-6-18/h4,7-12,18H,5-6H2,1-3H3,(H,28,29)(H,25,26,27). The fourth-order valence-electron chi connectivity index (χ4n) is 3.20. The Balaban J connectivity index is 1.57. The average molecular weight is 518 g/mol. The minimum Gasteiger partial charge on any atom is -0.491 e. The van der Waals surface area contributed by atoms with Crippen molar-refractivity contribution in [3.63, 3.8) is 0 Å². The number of rotatable bonds is 9. The van der Waals surface area contributed by atoms with Crippen molar-refractivity contribution in [1.82, 2.24) is 9.97 Å². The lowest BCUT2D eigenvalue weighted by Crippen LogP contribution is -2.13. The lowest BCUT2D eigenvalue weighted by atomic mass is 10.2. The van der Waals surface area contributed by atoms with Gasteiger partial charge in [-0.1, -0.05) is 0 Å². The Morgan fingerprint density at radius 3 is 2.43 bits per heavy atom. The maximum atomic E-state index is 12.9. The van der Waals surface area contributed by atoms with Crippen LogP contribution in [0.3, 0.4) is 0 Å². The normalized spacial score (nSPS) is 13.5. The van der Waals surface area contributed by atoms with Crippen molar-refractivity contribution in [2.24, 2.45) is 0 Å². The maximum absolute atomic E-state index is 12.9. The van der Waals surface area contributed by atoms with Crippen molar-refractivity contribution < 1.29 is 32.6 Å². The minimum absolute atomic E-state index is 0.00350. The van der Waals surface area contributed by atoms with E-state index in [1.54, 1.807) is 13.0 Å². The summed E-state index contributed by atoms with van der Waals surface area (Å²) in [6.45, 7) is 5.28. The zero-order valence-electron chi connectivity index (χ0n) is 19.1. The van der Waals surface area contributed by atoms with Gasteiger partial charge in [-0.25, -0.2) is 23.2 Å². The van der Waals surface area contributed by atoms with Crippen molar-refractivity contribution >= 4 is 38.2 Å². The lowest BCUT2D eigenvalue weighted by Gasteiger charge is -2.14. The largest absolute Gasteiger partial charge is 0.491 e. The summed E-state index contributed by atoms with van der Waals surface area (Å²) in [6.07, 6.45) is 2.44. The highest BCUT2D eigenvalue weighted by molar-refractivity contribution is 7.92. The van der Waals surface area contributed by atoms with E-state index in [4.69, 9.17) is 9.47 Å². The number of carbonyl (C=O) groups excluding carboxylic acids is 1. The van der Waals surface area contributed by atoms with Gasteiger partial charge in [-0.05, 0) is 57.9 Å². The Kier molecular flexibility index (Phi) is 6.77. The number of aryl methyl sites for hydroxylation is 1. The lowest BCUT2D eigenvalue weighted by molar-refractivity contribution is 0.0690. The van der Waals surface area contributed by atoms with Crippen LogP contribution in [0.2, 0.25) is 0 Å². The molecule has 2 heterocycles. The molecular weight excluding hydrogens is 494 g/mol. The van der Waals surface area contributed by atoms with Crippen molar-refractivity contribution in [1.29, 1.82) is 0 Å². The number of hydrogen-bond donors (Lipinski definition) is 2. The van der Waals surface area contributed by atoms with E-state index < -0.39 is 21.7 Å². The fraction of sp³-hybridized carbons (Fsp3) is 0.304. The number of aromatic carboxylic acids is 1. The number of aromatic nitrogens is 2. The molecule has 0 atom stereocenters. The third-order valence-electron chi connectivity index (χ3n) is 4.93. The monoisotopic (exact) mass is 517 g/mol. The summed E-state index contributed by atoms with van der Waals surface area (Å²) in [5.74, 6) is -0.764. The molecule has 1 aliphatic carbocycles. The number of hydrogen-bond acceptors (Lipinski definition) is 9. The SMILES string of the molecule is Cc1sc(NC(=O)c2cc(Oc3ccc(S(=O)(=O)C4CC4)nc3)cc(OC(C)C)c2)nc1C(=O)O. The van der Waals surface area contributed by atoms with Crippen LogP contribution in [0.25, 0.3) is 0 Å². The van der Waals surface area contributed by atoms with E-state index in [1.165, 1.54) is 30.5 Å². The molecule has 1 aliphatic rings. The molecule has 184 valence electrons. The zero-order chi connectivity index (χ0) is 25.3. The number of carboxylic acid groups (broad SMARTS) is 1. The van der Waals surface area contributed by atoms with Crippen LogP contribution in [0.1, 0.15) is 52.4 Å². The van der Waals surface area contributed by atoms with Crippen molar-refractivity contribution in [2.45, 2.75) is 50.0 Å². The highest BCUT2D eigenvalue weighted by Crippen LogP contribution is 2.34. The predicted molar refractivity (Wildman–Crippen MR) is 128 cm³/mol. The van der Waals surface area contributed by atoms with Crippen molar-refractivity contribution in [3.8, 4) is 17.2 Å². The molecule has 0 aliphatic heterocycles. The highest BCUT2D eigenvalue weighted by atomic mass is 32.2. The number of nitrogens with zero attached hydrogens (tertiary/aromatic N) is 2. The van der Waals surface area contributed by atoms with Gasteiger partial charge in [-0.2, -0.15) is 0 Å². The van der Waals surface area contributed by atoms with Crippen LogP contribution in [0, 0.1) is 6.92 Å². The third-order valence-corrected chi connectivity index (χ3v) is 7.99. The van der Waals surface area contributed by atoms with E-state index in [0.29, 0.717) is 23.5 Å². The molecule has 4 rings (SSSR count). The first-order chi connectivity index (χ1) is 16.5. The first kappa shape index (κ1) is 24.6. The molecule has 0 saturated heterocycles. The summed E-state index contributed by atoms with van der Waals surface area (Å²) in [4.78, 5) is 32.6. The van der Waals surface area contributed by atoms with Crippen molar-refractivity contribution in [3.05, 3.63) is 52.7 Å². The van der Waals surface area contributed by atoms with Crippen LogP contribution in [0.4, 0.5) is 5.13 Å². The Morgan fingerprint density at radius 1 is 1.14 bits per heavy atom. The van der Waals surface area contributed by atoms with Gasteiger partial charge in [0.2, 0.25) is 0 Å². The number of thiazole rings is 1. The number of carbonyl (C=O) groups is 2. The van der Waals surface area contributed by atoms with Gasteiger partial charge >= 0.3 is 5.97 Å². The molecule has 2 N–H and O–H groups in total. The Morgan fingerprint density at radius 2 is 1.86 bits per heavy atom. The minimum atomic E-state index is -3.41. The summed E-state index contributed by atoms with van der Waals surface area (Å²) < 4.78 is 36.3. The molecule has 12 heteroatoms. The number of carboxylic acids is 1. The van der Waals surface area contributed by atoms with E-state index >= 15 is 0 Å². The molecule has 2 aromatic heterocycles. The molecule has 1 saturated carbocycles. The summed E-state index contributed by atoms with van der Waals surface area (Å²) in [5.41, 5.74) is 0.0784. The summed E-state index contributed by atoms with van der Waals surface area (Å²) in [7, 11) is -3.41. The second kappa shape index (κ2) is 9.62. The second-order valence-electron chi connectivity index (χ2n) is 8.22. The van der Waals surface area contributed by atoms with Gasteiger partial charge in [0.25, 0.3) is 5.91 Å². The smallest absolute Gasteiger partial charge is 0.355 e. The van der Waals surface area contributed by atoms with Crippen molar-refractivity contribution in [2.75, 3.05) is 5.32 Å². The molecule has 0 bridgehead atoms. The van der Waals surface area contributed by atoms with Crippen LogP contribution < -0.4 is 14.8 Å². The van der Waals surface area contributed by atoms with Gasteiger partial charge in [0.05, 0.1) is 17.6 Å². The molecular formula is C23H23N3O7S2. The van der Waals surface area contributed by atoms with Gasteiger partial charge in [0.1, 0.15) is 17.2 Å². The molecule has 1 fully saturated rings. The van der Waals surface area contributed by atoms with Gasteiger partial charge in [0.15, 0.2) is 25.7 Å². The van der Waals surface area contributed by atoms with E-state index in [9.17, 15) is 23.1 Å². The van der Waals surface area contributed by atoms with E-state index in [0.717, 1.165) is 11.3 Å². The van der Waals surface area contributed by atoms with Crippen LogP contribution in [-0.4, -0.2) is 46.7 Å². The van der Waals surface area contributed by atoms with Crippen LogP contribution in [-0.2, 0) is 9.84 Å². The van der Waals surface area contributed by atoms with Crippen LogP contribution in [0.15, 0.2) is 41.6 Å². The number of ether oxygens (including phenoxy) is 2. The molecule has 3 aromatic rings. The summed E-state index contributed by atoms with van der Waals surface area (Å²) in [5, 5.41) is 11.6. The molecule has 0 radical (unpaired) electrons. The zero-order valence-corrected chi connectivity index (χ0v) is 20.8. The molecule has 10 nitrogen and oxygen atoms in total. The molecule has 0 spiro atoms. The van der Waals surface area contributed by atoms with Crippen LogP contribution in [0.5, 0.6) is 17.2 Å². The highest BCUT2D eigenvalue weighted by Gasteiger charge is 2.37. The number of sulfone groups is 1. The van der Waals surface area contributed by atoms with Gasteiger partial charge in [-0.15, -0.1) is 11.3 Å². The Bertz CT molecular complexity index is 1380. The summed E-state index contributed by atoms with van der Waals surface area (Å²) >= 11 is 1.05. The number of benzene rings is 1. The van der Waals surface area contributed by atoms with Gasteiger partial charge in [0, 0.05) is 16.5 Å². The first-order valence-corrected chi connectivity index (χ1v) is 13.1. The number of pyridine rings is 1. The average Bonchev–Trinajstić information content (AvgIpc) is 3.57. The predicted octanol–water partition coefficient (Wildman–Crippen LogP) is 4.31. The first-order valence-electron chi connectivity index (χ1n) is 10.7. The second-order valence-corrected chi connectivity index (χ2v) is 11.6. The Hall–Kier alpha value is -3.51. The number of amides is 1. The molecule has 1 amide bonds. The van der Waals surface area contributed by atoms with Gasteiger partial charge < -0.3 is 14.6 Å². The van der Waals surface area contributed by atoms with Gasteiger partial charge in [-0.3, -0.25) is 10.1 Å². The third kappa shape index (κ3) is 5.77. The Labute approximate surface area is 205 Å². The topological polar surface area (TPSA) is 145 Å². The van der Waals surface area contributed by atoms with E-state index in [-0.39, 0.29) is 44.3 Å². The molecule has 1 aromatic carbocycles. The quantitative estimate of drug-likeness (QED) is 0.424. The van der Waals surface area contributed by atoms with E-state index in [1.807, 2.05) is 13.8 Å². The number of anilines is 1. The van der Waals surface area contributed by atoms with Crippen LogP contribution >= 0.6 is 11.3 Å². The maximum Gasteiger partial charge on any atom is 0.355 e. The summed E-state index contributed by atoms with van der Waals surface area (Å²) in [6, 6.07) is 7.52. The fourth-order valence-corrected chi connectivity index (χ4v) is 5.56. The van der Waals surface area contributed by atoms with E-state index in [2.05, 4.69) is 15.3 Å². The number of nitrogens with one attached hydrogen (secondary N) is 1. The molecule has 35 heavy (non-hydrogen) atoms. The molecule has 0 unspecified atom stereocenters.